The minimum Gasteiger partial charge on any atom is -0.499 e. The van der Waals surface area contributed by atoms with E-state index in [0.29, 0.717) is 0 Å². The van der Waals surface area contributed by atoms with Crippen LogP contribution in [0.3, 0.4) is 0 Å². The minimum atomic E-state index is -0.728. The van der Waals surface area contributed by atoms with E-state index in [0.717, 1.165) is 0 Å². The average molecular weight is 254 g/mol. The molecule has 0 amide bonds. The number of hydrogen-bond donors (Lipinski definition) is 2. The highest BCUT2D eigenvalue weighted by molar-refractivity contribution is 4.88. The highest BCUT2D eigenvalue weighted by Gasteiger charge is 2.35. The van der Waals surface area contributed by atoms with E-state index in [-0.39, 0.29) is 13.0 Å². The zero-order chi connectivity index (χ0) is 13.1. The van der Waals surface area contributed by atoms with Gasteiger partial charge in [0.05, 0.1) is 12.4 Å². The quantitative estimate of drug-likeness (QED) is 0.696. The second kappa shape index (κ2) is 5.19. The molecule has 1 saturated heterocycles. The Balaban J connectivity index is 2.14. The molecule has 1 aliphatic heterocycles. The molecule has 2 rings (SSSR count). The molecular formula is C11H14N2O5. The third-order valence-electron chi connectivity index (χ3n) is 2.74. The number of ether oxygens (including phenoxy) is 2. The molecule has 0 spiro atoms. The second-order valence-electron chi connectivity index (χ2n) is 3.95. The van der Waals surface area contributed by atoms with Crippen molar-refractivity contribution in [2.75, 3.05) is 6.61 Å². The van der Waals surface area contributed by atoms with Gasteiger partial charge >= 0.3 is 5.69 Å². The van der Waals surface area contributed by atoms with Gasteiger partial charge in [-0.25, -0.2) is 4.79 Å². The molecule has 0 unspecified atom stereocenters. The number of aliphatic hydroxyl groups is 1. The van der Waals surface area contributed by atoms with Crippen LogP contribution >= 0.6 is 0 Å². The first-order valence-electron chi connectivity index (χ1n) is 5.49. The van der Waals surface area contributed by atoms with Gasteiger partial charge in [-0.15, -0.1) is 0 Å². The standard InChI is InChI=1S/C11H14N2O5/c1-2-17-6-8-7(14)5-10(18-8)13-4-3-9(15)12-11(13)16/h2-4,7-8,10,14H,1,5-6H2,(H,12,15,16)/t7-,8+,10+/m0/s1. The molecule has 7 heteroatoms. The Bertz CT molecular complexity index is 535. The van der Waals surface area contributed by atoms with Crippen LogP contribution in [0.5, 0.6) is 0 Å². The van der Waals surface area contributed by atoms with Gasteiger partial charge in [-0.1, -0.05) is 6.58 Å². The lowest BCUT2D eigenvalue weighted by atomic mass is 10.2. The van der Waals surface area contributed by atoms with E-state index >= 15 is 0 Å². The summed E-state index contributed by atoms with van der Waals surface area (Å²) < 4.78 is 11.7. The fourth-order valence-electron chi connectivity index (χ4n) is 1.85. The lowest BCUT2D eigenvalue weighted by Gasteiger charge is -2.15. The second-order valence-corrected chi connectivity index (χ2v) is 3.95. The van der Waals surface area contributed by atoms with Gasteiger partial charge in [0, 0.05) is 18.7 Å². The van der Waals surface area contributed by atoms with Crippen molar-refractivity contribution in [1.29, 1.82) is 0 Å². The fourth-order valence-corrected chi connectivity index (χ4v) is 1.85. The van der Waals surface area contributed by atoms with E-state index in [4.69, 9.17) is 9.47 Å². The summed E-state index contributed by atoms with van der Waals surface area (Å²) in [6.07, 6.45) is 1.01. The Hall–Kier alpha value is -1.86. The van der Waals surface area contributed by atoms with E-state index in [2.05, 4.69) is 11.6 Å². The van der Waals surface area contributed by atoms with Crippen molar-refractivity contribution in [2.24, 2.45) is 0 Å². The van der Waals surface area contributed by atoms with Gasteiger partial charge in [0.25, 0.3) is 5.56 Å². The number of aromatic nitrogens is 2. The van der Waals surface area contributed by atoms with Crippen LogP contribution < -0.4 is 11.2 Å². The number of rotatable bonds is 4. The van der Waals surface area contributed by atoms with Gasteiger partial charge in [0.2, 0.25) is 0 Å². The van der Waals surface area contributed by atoms with Gasteiger partial charge in [-0.05, 0) is 0 Å². The van der Waals surface area contributed by atoms with E-state index in [1.165, 1.54) is 23.1 Å². The smallest absolute Gasteiger partial charge is 0.330 e. The molecule has 1 aromatic heterocycles. The molecule has 0 bridgehead atoms. The van der Waals surface area contributed by atoms with E-state index in [9.17, 15) is 14.7 Å². The SMILES string of the molecule is C=COC[C@H]1O[C@@H](n2ccc(=O)[nH]c2=O)C[C@@H]1O. The molecule has 1 fully saturated rings. The van der Waals surface area contributed by atoms with Crippen LogP contribution in [0.15, 0.2) is 34.7 Å². The van der Waals surface area contributed by atoms with Gasteiger partial charge in [0.15, 0.2) is 0 Å². The maximum absolute atomic E-state index is 11.6. The molecule has 98 valence electrons. The molecule has 1 aliphatic rings. The fraction of sp³-hybridized carbons (Fsp3) is 0.455. The predicted octanol–water partition coefficient (Wildman–Crippen LogP) is -0.655. The Kier molecular flexibility index (Phi) is 3.63. The third-order valence-corrected chi connectivity index (χ3v) is 2.74. The third kappa shape index (κ3) is 2.52. The van der Waals surface area contributed by atoms with Crippen molar-refractivity contribution in [3.05, 3.63) is 45.9 Å². The highest BCUT2D eigenvalue weighted by atomic mass is 16.6. The van der Waals surface area contributed by atoms with Gasteiger partial charge in [-0.2, -0.15) is 0 Å². The van der Waals surface area contributed by atoms with Gasteiger partial charge in [-0.3, -0.25) is 14.3 Å². The summed E-state index contributed by atoms with van der Waals surface area (Å²) in [6.45, 7) is 3.56. The Labute approximate surface area is 102 Å². The molecule has 3 atom stereocenters. The first kappa shape index (κ1) is 12.6. The molecule has 2 N–H and O–H groups in total. The number of H-pyrrole nitrogens is 1. The summed E-state index contributed by atoms with van der Waals surface area (Å²) in [7, 11) is 0. The molecule has 0 saturated carbocycles. The van der Waals surface area contributed by atoms with Gasteiger partial charge < -0.3 is 14.6 Å². The van der Waals surface area contributed by atoms with E-state index in [1.807, 2.05) is 0 Å². The lowest BCUT2D eigenvalue weighted by Crippen LogP contribution is -2.31. The highest BCUT2D eigenvalue weighted by Crippen LogP contribution is 2.27. The number of aliphatic hydroxyl groups excluding tert-OH is 1. The number of nitrogens with zero attached hydrogens (tertiary/aromatic N) is 1. The first-order valence-corrected chi connectivity index (χ1v) is 5.49. The molecule has 0 aromatic carbocycles. The number of nitrogens with one attached hydrogen (secondary N) is 1. The van der Waals surface area contributed by atoms with Crippen LogP contribution in [0.4, 0.5) is 0 Å². The number of hydrogen-bond acceptors (Lipinski definition) is 5. The van der Waals surface area contributed by atoms with E-state index in [1.54, 1.807) is 0 Å². The molecule has 0 aliphatic carbocycles. The van der Waals surface area contributed by atoms with Crippen LogP contribution in [0, 0.1) is 0 Å². The van der Waals surface area contributed by atoms with Crippen LogP contribution in [0.1, 0.15) is 12.6 Å². The summed E-state index contributed by atoms with van der Waals surface area (Å²) >= 11 is 0. The monoisotopic (exact) mass is 254 g/mol. The normalized spacial score (nSPS) is 27.1. The van der Waals surface area contributed by atoms with Crippen molar-refractivity contribution in [1.82, 2.24) is 9.55 Å². The van der Waals surface area contributed by atoms with Gasteiger partial charge in [0.1, 0.15) is 18.9 Å². The lowest BCUT2D eigenvalue weighted by molar-refractivity contribution is -0.0484. The van der Waals surface area contributed by atoms with E-state index < -0.39 is 29.7 Å². The Morgan fingerprint density at radius 1 is 1.67 bits per heavy atom. The summed E-state index contributed by atoms with van der Waals surface area (Å²) in [4.78, 5) is 24.6. The van der Waals surface area contributed by atoms with Crippen LogP contribution in [0.2, 0.25) is 0 Å². The van der Waals surface area contributed by atoms with Crippen molar-refractivity contribution < 1.29 is 14.6 Å². The summed E-state index contributed by atoms with van der Waals surface area (Å²) in [5.41, 5.74) is -1.04. The van der Waals surface area contributed by atoms with Crippen LogP contribution in [-0.4, -0.2) is 33.5 Å². The Morgan fingerprint density at radius 3 is 3.11 bits per heavy atom. The molecule has 0 radical (unpaired) electrons. The molecule has 7 nitrogen and oxygen atoms in total. The summed E-state index contributed by atoms with van der Waals surface area (Å²) in [5, 5.41) is 9.77. The van der Waals surface area contributed by atoms with Crippen molar-refractivity contribution in [3.8, 4) is 0 Å². The maximum atomic E-state index is 11.6. The number of aromatic amines is 1. The van der Waals surface area contributed by atoms with Crippen molar-refractivity contribution in [2.45, 2.75) is 24.9 Å². The minimum absolute atomic E-state index is 0.166. The maximum Gasteiger partial charge on any atom is 0.330 e. The summed E-state index contributed by atoms with van der Waals surface area (Å²) in [6, 6.07) is 1.23. The first-order chi connectivity index (χ1) is 8.61. The molecule has 2 heterocycles. The van der Waals surface area contributed by atoms with Crippen LogP contribution in [0.25, 0.3) is 0 Å². The van der Waals surface area contributed by atoms with Crippen molar-refractivity contribution in [3.63, 3.8) is 0 Å². The largest absolute Gasteiger partial charge is 0.499 e. The average Bonchev–Trinajstić information content (AvgIpc) is 2.68. The molecule has 1 aromatic rings. The summed E-state index contributed by atoms with van der Waals surface area (Å²) in [5.74, 6) is 0. The van der Waals surface area contributed by atoms with Crippen LogP contribution in [-0.2, 0) is 9.47 Å². The predicted molar refractivity (Wildman–Crippen MR) is 62.0 cm³/mol. The van der Waals surface area contributed by atoms with Crippen molar-refractivity contribution >= 4 is 0 Å². The zero-order valence-corrected chi connectivity index (χ0v) is 9.61. The topological polar surface area (TPSA) is 93.5 Å². The molecular weight excluding hydrogens is 240 g/mol. The Morgan fingerprint density at radius 2 is 2.44 bits per heavy atom. The zero-order valence-electron chi connectivity index (χ0n) is 9.61. The molecule has 18 heavy (non-hydrogen) atoms.